The summed E-state index contributed by atoms with van der Waals surface area (Å²) in [5.41, 5.74) is 2.69. The first kappa shape index (κ1) is 24.3. The Bertz CT molecular complexity index is 1130. The molecule has 178 valence electrons. The summed E-state index contributed by atoms with van der Waals surface area (Å²) in [6.07, 6.45) is 3.80. The zero-order valence-corrected chi connectivity index (χ0v) is 20.9. The van der Waals surface area contributed by atoms with Gasteiger partial charge < -0.3 is 15.1 Å². The highest BCUT2D eigenvalue weighted by molar-refractivity contribution is 7.98. The second-order valence-corrected chi connectivity index (χ2v) is 10.3. The van der Waals surface area contributed by atoms with Crippen LogP contribution in [0, 0.1) is 12.7 Å². The number of halogens is 1. The van der Waals surface area contributed by atoms with Crippen LogP contribution in [0.15, 0.2) is 64.9 Å². The number of rotatable bonds is 9. The van der Waals surface area contributed by atoms with Gasteiger partial charge in [-0.1, -0.05) is 12.1 Å². The van der Waals surface area contributed by atoms with Gasteiger partial charge in [0.1, 0.15) is 12.4 Å². The molecule has 1 N–H and O–H groups in total. The molecule has 1 aliphatic rings. The molecule has 0 radical (unpaired) electrons. The van der Waals surface area contributed by atoms with Crippen LogP contribution in [0.25, 0.3) is 0 Å². The number of carbonyl (C=O) groups excluding carboxylic acids is 2. The molecule has 1 fully saturated rings. The van der Waals surface area contributed by atoms with Gasteiger partial charge in [-0.25, -0.2) is 9.18 Å². The second kappa shape index (κ2) is 11.1. The molecule has 0 bridgehead atoms. The normalized spacial score (nSPS) is 12.9. The second-order valence-electron chi connectivity index (χ2n) is 8.42. The highest BCUT2D eigenvalue weighted by atomic mass is 32.2. The number of hydrogen-bond donors (Lipinski definition) is 1. The third-order valence-electron chi connectivity index (χ3n) is 5.84. The first-order valence-electron chi connectivity index (χ1n) is 11.2. The van der Waals surface area contributed by atoms with Gasteiger partial charge in [0.25, 0.3) is 0 Å². The lowest BCUT2D eigenvalue weighted by Gasteiger charge is -2.28. The largest absolute Gasteiger partial charge is 0.332 e. The van der Waals surface area contributed by atoms with E-state index in [0.29, 0.717) is 18.8 Å². The van der Waals surface area contributed by atoms with E-state index in [0.717, 1.165) is 33.7 Å². The van der Waals surface area contributed by atoms with Crippen LogP contribution in [0.1, 0.15) is 28.8 Å². The van der Waals surface area contributed by atoms with E-state index in [1.54, 1.807) is 45.0 Å². The first-order chi connectivity index (χ1) is 16.4. The number of nitrogens with one attached hydrogen (secondary N) is 1. The van der Waals surface area contributed by atoms with Crippen molar-refractivity contribution in [1.29, 1.82) is 0 Å². The number of carbonyl (C=O) groups is 2. The molecule has 0 saturated heterocycles. The molecule has 3 amide bonds. The minimum Gasteiger partial charge on any atom is -0.332 e. The maximum atomic E-state index is 13.5. The number of anilines is 1. The van der Waals surface area contributed by atoms with Gasteiger partial charge in [-0.3, -0.25) is 4.79 Å². The monoisotopic (exact) mass is 497 g/mol. The van der Waals surface area contributed by atoms with E-state index in [4.69, 9.17) is 0 Å². The van der Waals surface area contributed by atoms with E-state index in [1.165, 1.54) is 12.1 Å². The van der Waals surface area contributed by atoms with E-state index in [2.05, 4.69) is 5.32 Å². The van der Waals surface area contributed by atoms with Crippen molar-refractivity contribution in [2.75, 3.05) is 18.1 Å². The minimum atomic E-state index is -0.308. The first-order valence-corrected chi connectivity index (χ1v) is 13.3. The molecule has 1 heterocycles. The number of benzene rings is 2. The van der Waals surface area contributed by atoms with E-state index in [9.17, 15) is 14.0 Å². The van der Waals surface area contributed by atoms with Crippen molar-refractivity contribution < 1.29 is 14.0 Å². The molecule has 4 rings (SSSR count). The average Bonchev–Trinajstić information content (AvgIpc) is 3.60. The smallest absolute Gasteiger partial charge is 0.322 e. The summed E-state index contributed by atoms with van der Waals surface area (Å²) in [7, 11) is 0. The van der Waals surface area contributed by atoms with Gasteiger partial charge >= 0.3 is 6.03 Å². The molecule has 0 spiro atoms. The summed E-state index contributed by atoms with van der Waals surface area (Å²) in [4.78, 5) is 32.2. The van der Waals surface area contributed by atoms with Gasteiger partial charge in [0.15, 0.2) is 0 Å². The Labute approximate surface area is 208 Å². The molecule has 3 aromatic rings. The zero-order chi connectivity index (χ0) is 24.1. The van der Waals surface area contributed by atoms with Crippen molar-refractivity contribution in [2.45, 2.75) is 43.8 Å². The third-order valence-corrected chi connectivity index (χ3v) is 7.59. The fourth-order valence-corrected chi connectivity index (χ4v) is 4.98. The molecule has 1 saturated carbocycles. The quantitative estimate of drug-likeness (QED) is 0.361. The van der Waals surface area contributed by atoms with Crippen molar-refractivity contribution in [3.63, 3.8) is 0 Å². The van der Waals surface area contributed by atoms with Gasteiger partial charge in [0.05, 0.1) is 6.54 Å². The van der Waals surface area contributed by atoms with Crippen LogP contribution in [0.4, 0.5) is 14.9 Å². The van der Waals surface area contributed by atoms with Crippen molar-refractivity contribution in [2.24, 2.45) is 0 Å². The van der Waals surface area contributed by atoms with E-state index >= 15 is 0 Å². The lowest BCUT2D eigenvalue weighted by Crippen LogP contribution is -2.45. The van der Waals surface area contributed by atoms with Crippen LogP contribution in [-0.2, 0) is 17.9 Å². The molecule has 8 heteroatoms. The van der Waals surface area contributed by atoms with Crippen LogP contribution in [-0.4, -0.2) is 40.6 Å². The van der Waals surface area contributed by atoms with Gasteiger partial charge in [-0.05, 0) is 85.0 Å². The van der Waals surface area contributed by atoms with Gasteiger partial charge in [-0.15, -0.1) is 23.1 Å². The SMILES string of the molecule is CSc1ccc(NC(=O)N(CC(=O)N(Cc2ccc(F)cc2)Cc2sccc2C)C2CC2)cc1. The number of thioether (sulfide) groups is 1. The van der Waals surface area contributed by atoms with Crippen LogP contribution >= 0.6 is 23.1 Å². The Morgan fingerprint density at radius 2 is 1.76 bits per heavy atom. The lowest BCUT2D eigenvalue weighted by molar-refractivity contribution is -0.133. The number of hydrogen-bond acceptors (Lipinski definition) is 4. The molecule has 34 heavy (non-hydrogen) atoms. The molecule has 1 aliphatic carbocycles. The number of nitrogens with zero attached hydrogens (tertiary/aromatic N) is 2. The third kappa shape index (κ3) is 6.39. The molecule has 0 atom stereocenters. The van der Waals surface area contributed by atoms with Crippen LogP contribution in [0.5, 0.6) is 0 Å². The van der Waals surface area contributed by atoms with E-state index < -0.39 is 0 Å². The Kier molecular flexibility index (Phi) is 7.90. The van der Waals surface area contributed by atoms with Gasteiger partial charge in [-0.2, -0.15) is 0 Å². The lowest BCUT2D eigenvalue weighted by atomic mass is 10.2. The highest BCUT2D eigenvalue weighted by Crippen LogP contribution is 2.28. The highest BCUT2D eigenvalue weighted by Gasteiger charge is 2.35. The Morgan fingerprint density at radius 1 is 1.06 bits per heavy atom. The number of urea groups is 1. The van der Waals surface area contributed by atoms with Crippen molar-refractivity contribution >= 4 is 40.7 Å². The molecule has 2 aromatic carbocycles. The zero-order valence-electron chi connectivity index (χ0n) is 19.3. The summed E-state index contributed by atoms with van der Waals surface area (Å²) in [5, 5.41) is 4.95. The summed E-state index contributed by atoms with van der Waals surface area (Å²) in [6.45, 7) is 2.84. The molecule has 5 nitrogen and oxygen atoms in total. The number of thiophene rings is 1. The Hall–Kier alpha value is -2.84. The molecule has 0 unspecified atom stereocenters. The van der Waals surface area contributed by atoms with Crippen molar-refractivity contribution in [3.8, 4) is 0 Å². The van der Waals surface area contributed by atoms with Crippen molar-refractivity contribution in [3.05, 3.63) is 81.8 Å². The summed E-state index contributed by atoms with van der Waals surface area (Å²) in [5.74, 6) is -0.435. The van der Waals surface area contributed by atoms with Gasteiger partial charge in [0, 0.05) is 28.0 Å². The Balaban J connectivity index is 1.48. The number of aryl methyl sites for hydroxylation is 1. The predicted molar refractivity (Wildman–Crippen MR) is 137 cm³/mol. The predicted octanol–water partition coefficient (Wildman–Crippen LogP) is 6.14. The Morgan fingerprint density at radius 3 is 2.35 bits per heavy atom. The van der Waals surface area contributed by atoms with E-state index in [-0.39, 0.29) is 30.3 Å². The molecular weight excluding hydrogens is 469 g/mol. The minimum absolute atomic E-state index is 0.00497. The maximum Gasteiger partial charge on any atom is 0.322 e. The topological polar surface area (TPSA) is 52.7 Å². The molecular formula is C26H28FN3O2S2. The summed E-state index contributed by atoms with van der Waals surface area (Å²) < 4.78 is 13.4. The summed E-state index contributed by atoms with van der Waals surface area (Å²) >= 11 is 3.25. The van der Waals surface area contributed by atoms with E-state index in [1.807, 2.05) is 48.9 Å². The standard InChI is InChI=1S/C26H28FN3O2S2/c1-18-13-14-34-24(18)16-29(15-19-3-5-20(27)6-4-19)25(31)17-30(22-9-10-22)26(32)28-21-7-11-23(33-2)12-8-21/h3-8,11-14,22H,9-10,15-17H2,1-2H3,(H,28,32). The van der Waals surface area contributed by atoms with Crippen LogP contribution in [0.2, 0.25) is 0 Å². The number of amides is 3. The fraction of sp³-hybridized carbons (Fsp3) is 0.308. The molecule has 1 aromatic heterocycles. The average molecular weight is 498 g/mol. The van der Waals surface area contributed by atoms with Crippen LogP contribution in [0.3, 0.4) is 0 Å². The summed E-state index contributed by atoms with van der Waals surface area (Å²) in [6, 6.07) is 15.7. The maximum absolute atomic E-state index is 13.5. The van der Waals surface area contributed by atoms with Gasteiger partial charge in [0.2, 0.25) is 5.91 Å². The van der Waals surface area contributed by atoms with Crippen LogP contribution < -0.4 is 5.32 Å². The fourth-order valence-electron chi connectivity index (χ4n) is 3.65. The van der Waals surface area contributed by atoms with Crippen molar-refractivity contribution in [1.82, 2.24) is 9.80 Å². The molecule has 0 aliphatic heterocycles.